The van der Waals surface area contributed by atoms with E-state index in [4.69, 9.17) is 14.0 Å². The van der Waals surface area contributed by atoms with Gasteiger partial charge in [-0.2, -0.15) is 4.98 Å². The maximum Gasteiger partial charge on any atom is 0.223 e. The molecular weight excluding hydrogens is 372 g/mol. The van der Waals surface area contributed by atoms with Gasteiger partial charge in [0.15, 0.2) is 11.8 Å². The number of fused-ring (bicyclic) bond motifs is 1. The van der Waals surface area contributed by atoms with Crippen molar-refractivity contribution in [3.05, 3.63) is 35.6 Å². The number of rotatable bonds is 9. The number of guanidine groups is 1. The van der Waals surface area contributed by atoms with Crippen molar-refractivity contribution in [2.45, 2.75) is 33.2 Å². The number of aryl methyl sites for hydroxylation is 2. The third-order valence-electron chi connectivity index (χ3n) is 4.39. The van der Waals surface area contributed by atoms with Crippen LogP contribution in [0.3, 0.4) is 0 Å². The van der Waals surface area contributed by atoms with Gasteiger partial charge in [0.25, 0.3) is 0 Å². The van der Waals surface area contributed by atoms with Crippen LogP contribution in [0.5, 0.6) is 11.5 Å². The minimum Gasteiger partial charge on any atom is -0.497 e. The number of aliphatic imine (C=N–C) groups is 1. The predicted octanol–water partition coefficient (Wildman–Crippen LogP) is 2.56. The van der Waals surface area contributed by atoms with E-state index in [2.05, 4.69) is 36.8 Å². The molecule has 3 rings (SSSR count). The van der Waals surface area contributed by atoms with Crippen LogP contribution in [0.2, 0.25) is 0 Å². The summed E-state index contributed by atoms with van der Waals surface area (Å²) in [5.41, 5.74) is 2.16. The first-order chi connectivity index (χ1) is 14.1. The fourth-order valence-electron chi connectivity index (χ4n) is 3.04. The number of ether oxygens (including phenoxy) is 2. The van der Waals surface area contributed by atoms with Crippen molar-refractivity contribution in [2.75, 3.05) is 27.3 Å². The van der Waals surface area contributed by atoms with E-state index < -0.39 is 0 Å². The van der Waals surface area contributed by atoms with Gasteiger partial charge in [0.1, 0.15) is 18.0 Å². The Morgan fingerprint density at radius 1 is 1.21 bits per heavy atom. The van der Waals surface area contributed by atoms with Crippen molar-refractivity contribution in [1.29, 1.82) is 0 Å². The van der Waals surface area contributed by atoms with E-state index in [1.54, 1.807) is 21.1 Å². The van der Waals surface area contributed by atoms with Gasteiger partial charge in [-0.05, 0) is 25.8 Å². The zero-order valence-corrected chi connectivity index (χ0v) is 17.3. The molecule has 3 aromatic rings. The van der Waals surface area contributed by atoms with Crippen molar-refractivity contribution in [3.8, 4) is 11.5 Å². The van der Waals surface area contributed by atoms with Crippen molar-refractivity contribution < 1.29 is 14.0 Å². The Balaban J connectivity index is 1.55. The molecule has 29 heavy (non-hydrogen) atoms. The highest BCUT2D eigenvalue weighted by atomic mass is 16.5. The minimum atomic E-state index is 0.371. The molecule has 0 saturated carbocycles. The minimum absolute atomic E-state index is 0.371. The average molecular weight is 400 g/mol. The summed E-state index contributed by atoms with van der Waals surface area (Å²) >= 11 is 0. The lowest BCUT2D eigenvalue weighted by molar-refractivity contribution is 0.387. The number of nitrogens with zero attached hydrogens (tertiary/aromatic N) is 3. The fourth-order valence-corrected chi connectivity index (χ4v) is 3.04. The van der Waals surface area contributed by atoms with Gasteiger partial charge in [-0.25, -0.2) is 4.99 Å². The van der Waals surface area contributed by atoms with Gasteiger partial charge in [-0.1, -0.05) is 5.16 Å². The maximum atomic E-state index is 5.48. The SMILES string of the molecule is CCNC(=NCc1noc(C)n1)NCCCc1cc2c(OC)cc(OC)cc2[nH]1. The molecule has 1 aromatic carbocycles. The molecule has 0 atom stereocenters. The lowest BCUT2D eigenvalue weighted by Gasteiger charge is -2.10. The van der Waals surface area contributed by atoms with Crippen molar-refractivity contribution in [2.24, 2.45) is 4.99 Å². The van der Waals surface area contributed by atoms with Gasteiger partial charge in [0, 0.05) is 43.2 Å². The van der Waals surface area contributed by atoms with E-state index in [1.165, 1.54) is 0 Å². The number of H-pyrrole nitrogens is 1. The molecule has 0 unspecified atom stereocenters. The predicted molar refractivity (Wildman–Crippen MR) is 112 cm³/mol. The molecule has 0 saturated heterocycles. The van der Waals surface area contributed by atoms with Crippen LogP contribution in [0, 0.1) is 6.92 Å². The zero-order chi connectivity index (χ0) is 20.6. The topological polar surface area (TPSA) is 110 Å². The molecular formula is C20H28N6O3. The molecule has 9 heteroatoms. The molecule has 0 spiro atoms. The van der Waals surface area contributed by atoms with E-state index in [1.807, 2.05) is 19.1 Å². The lowest BCUT2D eigenvalue weighted by atomic mass is 10.2. The van der Waals surface area contributed by atoms with E-state index in [9.17, 15) is 0 Å². The summed E-state index contributed by atoms with van der Waals surface area (Å²) in [6.07, 6.45) is 1.84. The standard InChI is InChI=1S/C20H28N6O3/c1-5-21-20(23-12-19-24-13(2)29-26-19)22-8-6-7-14-9-16-17(25-14)10-15(27-3)11-18(16)28-4/h9-11,25H,5-8,12H2,1-4H3,(H2,21,22,23). The summed E-state index contributed by atoms with van der Waals surface area (Å²) in [6, 6.07) is 6.01. The Kier molecular flexibility index (Phi) is 6.94. The molecule has 0 aliphatic heterocycles. The van der Waals surface area contributed by atoms with Crippen LogP contribution < -0.4 is 20.1 Å². The average Bonchev–Trinajstić information content (AvgIpc) is 3.33. The Hall–Kier alpha value is -3.23. The number of benzene rings is 1. The first-order valence-electron chi connectivity index (χ1n) is 9.68. The highest BCUT2D eigenvalue weighted by Gasteiger charge is 2.09. The summed E-state index contributed by atoms with van der Waals surface area (Å²) in [6.45, 7) is 5.73. The van der Waals surface area contributed by atoms with Crippen LogP contribution in [-0.4, -0.2) is 48.4 Å². The molecule has 3 N–H and O–H groups in total. The second-order valence-corrected chi connectivity index (χ2v) is 6.54. The number of methoxy groups -OCH3 is 2. The molecule has 0 radical (unpaired) electrons. The summed E-state index contributed by atoms with van der Waals surface area (Å²) in [5, 5.41) is 11.5. The third kappa shape index (κ3) is 5.40. The molecule has 2 heterocycles. The van der Waals surface area contributed by atoms with Gasteiger partial charge in [-0.15, -0.1) is 0 Å². The first kappa shape index (κ1) is 20.5. The second-order valence-electron chi connectivity index (χ2n) is 6.54. The highest BCUT2D eigenvalue weighted by Crippen LogP contribution is 2.31. The van der Waals surface area contributed by atoms with Crippen molar-refractivity contribution in [3.63, 3.8) is 0 Å². The van der Waals surface area contributed by atoms with Crippen LogP contribution in [0.15, 0.2) is 27.7 Å². The number of hydrogen-bond acceptors (Lipinski definition) is 6. The van der Waals surface area contributed by atoms with Crippen LogP contribution in [0.1, 0.15) is 30.8 Å². The Labute approximate surface area is 169 Å². The molecule has 0 bridgehead atoms. The summed E-state index contributed by atoms with van der Waals surface area (Å²) in [7, 11) is 3.32. The molecule has 9 nitrogen and oxygen atoms in total. The number of hydrogen-bond donors (Lipinski definition) is 3. The summed E-state index contributed by atoms with van der Waals surface area (Å²) < 4.78 is 15.8. The quantitative estimate of drug-likeness (QED) is 0.288. The first-order valence-corrected chi connectivity index (χ1v) is 9.68. The van der Waals surface area contributed by atoms with Crippen LogP contribution in [0.4, 0.5) is 0 Å². The largest absolute Gasteiger partial charge is 0.497 e. The van der Waals surface area contributed by atoms with Crippen molar-refractivity contribution in [1.82, 2.24) is 25.8 Å². The van der Waals surface area contributed by atoms with E-state index >= 15 is 0 Å². The van der Waals surface area contributed by atoms with Crippen LogP contribution in [-0.2, 0) is 13.0 Å². The number of nitrogens with one attached hydrogen (secondary N) is 3. The Morgan fingerprint density at radius 3 is 2.76 bits per heavy atom. The normalized spacial score (nSPS) is 11.7. The molecule has 0 aliphatic carbocycles. The Bertz CT molecular complexity index is 962. The monoisotopic (exact) mass is 400 g/mol. The number of aromatic amines is 1. The molecule has 0 fully saturated rings. The van der Waals surface area contributed by atoms with Gasteiger partial charge >= 0.3 is 0 Å². The smallest absolute Gasteiger partial charge is 0.223 e. The highest BCUT2D eigenvalue weighted by molar-refractivity contribution is 5.88. The second kappa shape index (κ2) is 9.81. The van der Waals surface area contributed by atoms with Gasteiger partial charge in [-0.3, -0.25) is 0 Å². The van der Waals surface area contributed by atoms with Crippen LogP contribution >= 0.6 is 0 Å². The fraction of sp³-hybridized carbons (Fsp3) is 0.450. The molecule has 0 aliphatic rings. The lowest BCUT2D eigenvalue weighted by Crippen LogP contribution is -2.37. The van der Waals surface area contributed by atoms with Gasteiger partial charge in [0.05, 0.1) is 19.7 Å². The molecule has 156 valence electrons. The van der Waals surface area contributed by atoms with E-state index in [-0.39, 0.29) is 0 Å². The molecule has 0 amide bonds. The third-order valence-corrected chi connectivity index (χ3v) is 4.39. The zero-order valence-electron chi connectivity index (χ0n) is 17.3. The van der Waals surface area contributed by atoms with E-state index in [0.717, 1.165) is 60.0 Å². The summed E-state index contributed by atoms with van der Waals surface area (Å²) in [5.74, 6) is 3.42. The number of aromatic nitrogens is 3. The Morgan fingerprint density at radius 2 is 2.07 bits per heavy atom. The molecule has 2 aromatic heterocycles. The van der Waals surface area contributed by atoms with Gasteiger partial charge in [0.2, 0.25) is 5.89 Å². The maximum absolute atomic E-state index is 5.48. The summed E-state index contributed by atoms with van der Waals surface area (Å²) in [4.78, 5) is 12.1. The van der Waals surface area contributed by atoms with Crippen molar-refractivity contribution >= 4 is 16.9 Å². The van der Waals surface area contributed by atoms with Crippen LogP contribution in [0.25, 0.3) is 10.9 Å². The van der Waals surface area contributed by atoms with Gasteiger partial charge < -0.3 is 29.6 Å². The van der Waals surface area contributed by atoms with E-state index in [0.29, 0.717) is 18.3 Å².